The van der Waals surface area contributed by atoms with Crippen molar-refractivity contribution in [2.45, 2.75) is 32.0 Å². The van der Waals surface area contributed by atoms with E-state index in [4.69, 9.17) is 4.74 Å². The van der Waals surface area contributed by atoms with E-state index in [9.17, 15) is 20.1 Å². The lowest BCUT2D eigenvalue weighted by molar-refractivity contribution is 0.0890. The fourth-order valence-corrected chi connectivity index (χ4v) is 2.36. The molecule has 0 aromatic heterocycles. The van der Waals surface area contributed by atoms with Gasteiger partial charge in [-0.15, -0.1) is 0 Å². The molecule has 5 nitrogen and oxygen atoms in total. The minimum absolute atomic E-state index is 0.102. The fourth-order valence-electron chi connectivity index (χ4n) is 2.36. The summed E-state index contributed by atoms with van der Waals surface area (Å²) in [6, 6.07) is 1.51. The van der Waals surface area contributed by atoms with Crippen LogP contribution in [0.4, 0.5) is 0 Å². The number of hydrogen-bond donors (Lipinski definition) is 3. The van der Waals surface area contributed by atoms with Gasteiger partial charge in [-0.3, -0.25) is 4.79 Å². The van der Waals surface area contributed by atoms with Crippen LogP contribution in [0.25, 0.3) is 0 Å². The van der Waals surface area contributed by atoms with Crippen LogP contribution in [0.1, 0.15) is 53.5 Å². The van der Waals surface area contributed by atoms with Gasteiger partial charge in [-0.2, -0.15) is 0 Å². The van der Waals surface area contributed by atoms with Crippen molar-refractivity contribution in [3.63, 3.8) is 0 Å². The molecule has 2 unspecified atom stereocenters. The van der Waals surface area contributed by atoms with E-state index < -0.39 is 12.2 Å². The van der Waals surface area contributed by atoms with Gasteiger partial charge in [0.05, 0.1) is 30.4 Å². The first-order valence-electron chi connectivity index (χ1n) is 5.80. The second-order valence-electron chi connectivity index (χ2n) is 4.46. The summed E-state index contributed by atoms with van der Waals surface area (Å²) < 4.78 is 5.09. The second kappa shape index (κ2) is 4.59. The predicted molar refractivity (Wildman–Crippen MR) is 63.8 cm³/mol. The number of phenolic OH excluding ortho intramolecular Hbond substituents is 1. The number of phenols is 1. The SMILES string of the molecule is COc1cc2c(c(O)c1C(C)O)C(=O)CCC2O. The number of aromatic hydroxyl groups is 1. The summed E-state index contributed by atoms with van der Waals surface area (Å²) >= 11 is 0. The molecule has 0 heterocycles. The first-order chi connectivity index (χ1) is 8.47. The fraction of sp³-hybridized carbons (Fsp3) is 0.462. The van der Waals surface area contributed by atoms with Gasteiger partial charge >= 0.3 is 0 Å². The van der Waals surface area contributed by atoms with Crippen molar-refractivity contribution in [3.8, 4) is 11.5 Å². The molecule has 1 aliphatic rings. The van der Waals surface area contributed by atoms with Crippen LogP contribution in [-0.2, 0) is 0 Å². The van der Waals surface area contributed by atoms with Crippen LogP contribution in [0, 0.1) is 0 Å². The summed E-state index contributed by atoms with van der Waals surface area (Å²) in [7, 11) is 1.41. The monoisotopic (exact) mass is 252 g/mol. The molecule has 0 bridgehead atoms. The zero-order valence-electron chi connectivity index (χ0n) is 10.3. The molecule has 1 aromatic carbocycles. The van der Waals surface area contributed by atoms with Gasteiger partial charge in [0.25, 0.3) is 0 Å². The average Bonchev–Trinajstić information content (AvgIpc) is 2.32. The van der Waals surface area contributed by atoms with Crippen molar-refractivity contribution in [3.05, 3.63) is 22.8 Å². The average molecular weight is 252 g/mol. The Morgan fingerprint density at radius 3 is 2.72 bits per heavy atom. The number of benzene rings is 1. The van der Waals surface area contributed by atoms with Crippen LogP contribution in [0.15, 0.2) is 6.07 Å². The molecule has 0 amide bonds. The molecule has 3 N–H and O–H groups in total. The van der Waals surface area contributed by atoms with E-state index in [1.807, 2.05) is 0 Å². The molecular weight excluding hydrogens is 236 g/mol. The molecule has 18 heavy (non-hydrogen) atoms. The lowest BCUT2D eigenvalue weighted by atomic mass is 9.85. The second-order valence-corrected chi connectivity index (χ2v) is 4.46. The van der Waals surface area contributed by atoms with Crippen molar-refractivity contribution in [1.82, 2.24) is 0 Å². The molecule has 0 fully saturated rings. The van der Waals surface area contributed by atoms with Crippen LogP contribution in [0.3, 0.4) is 0 Å². The summed E-state index contributed by atoms with van der Waals surface area (Å²) in [5.41, 5.74) is 0.647. The highest BCUT2D eigenvalue weighted by atomic mass is 16.5. The third-order valence-electron chi connectivity index (χ3n) is 3.25. The lowest BCUT2D eigenvalue weighted by Gasteiger charge is -2.24. The summed E-state index contributed by atoms with van der Waals surface area (Å²) in [4.78, 5) is 11.8. The Bertz CT molecular complexity index is 493. The van der Waals surface area contributed by atoms with Gasteiger partial charge in [0, 0.05) is 6.42 Å². The number of ether oxygens (including phenoxy) is 1. The molecule has 2 rings (SSSR count). The standard InChI is InChI=1S/C13H16O5/c1-6(14)11-10(18-2)5-7-8(15)3-4-9(16)12(7)13(11)17/h5-6,8,14-15,17H,3-4H2,1-2H3. The topological polar surface area (TPSA) is 87.0 Å². The highest BCUT2D eigenvalue weighted by Gasteiger charge is 2.31. The number of aliphatic hydroxyl groups excluding tert-OH is 2. The number of hydrogen-bond acceptors (Lipinski definition) is 5. The van der Waals surface area contributed by atoms with E-state index in [1.54, 1.807) is 0 Å². The van der Waals surface area contributed by atoms with E-state index in [0.29, 0.717) is 12.0 Å². The Morgan fingerprint density at radius 2 is 2.17 bits per heavy atom. The number of rotatable bonds is 2. The van der Waals surface area contributed by atoms with Gasteiger partial charge in [0.1, 0.15) is 11.5 Å². The normalized spacial score (nSPS) is 20.4. The number of carbonyl (C=O) groups excluding carboxylic acids is 1. The van der Waals surface area contributed by atoms with Crippen LogP contribution in [0.2, 0.25) is 0 Å². The third-order valence-corrected chi connectivity index (χ3v) is 3.25. The predicted octanol–water partition coefficient (Wildman–Crippen LogP) is 1.46. The number of carbonyl (C=O) groups is 1. The summed E-state index contributed by atoms with van der Waals surface area (Å²) in [5, 5.41) is 29.7. The zero-order chi connectivity index (χ0) is 13.4. The van der Waals surface area contributed by atoms with Crippen molar-refractivity contribution in [2.75, 3.05) is 7.11 Å². The maximum absolute atomic E-state index is 11.8. The molecule has 5 heteroatoms. The molecule has 1 aliphatic carbocycles. The minimum atomic E-state index is -0.961. The molecule has 98 valence electrons. The van der Waals surface area contributed by atoms with E-state index in [0.717, 1.165) is 0 Å². The molecule has 1 aromatic rings. The van der Waals surface area contributed by atoms with Crippen molar-refractivity contribution >= 4 is 5.78 Å². The number of ketones is 1. The zero-order valence-corrected chi connectivity index (χ0v) is 10.3. The lowest BCUT2D eigenvalue weighted by Crippen LogP contribution is -2.17. The number of fused-ring (bicyclic) bond motifs is 1. The molecule has 2 atom stereocenters. The van der Waals surface area contributed by atoms with E-state index in [-0.39, 0.29) is 34.8 Å². The molecule has 0 radical (unpaired) electrons. The van der Waals surface area contributed by atoms with Crippen LogP contribution in [-0.4, -0.2) is 28.2 Å². The summed E-state index contributed by atoms with van der Waals surface area (Å²) in [6.07, 6.45) is -1.23. The highest BCUT2D eigenvalue weighted by Crippen LogP contribution is 2.43. The van der Waals surface area contributed by atoms with Crippen molar-refractivity contribution < 1.29 is 24.9 Å². The minimum Gasteiger partial charge on any atom is -0.507 e. The van der Waals surface area contributed by atoms with Gasteiger partial charge < -0.3 is 20.1 Å². The maximum atomic E-state index is 11.8. The van der Waals surface area contributed by atoms with Crippen molar-refractivity contribution in [2.24, 2.45) is 0 Å². The smallest absolute Gasteiger partial charge is 0.167 e. The number of Topliss-reactive ketones (excluding diaryl/α,β-unsaturated/α-hetero) is 1. The number of methoxy groups -OCH3 is 1. The molecule has 0 aliphatic heterocycles. The van der Waals surface area contributed by atoms with Gasteiger partial charge in [0.2, 0.25) is 0 Å². The quantitative estimate of drug-likeness (QED) is 0.741. The Kier molecular flexibility index (Phi) is 3.28. The molecule has 0 spiro atoms. The molecule has 0 saturated carbocycles. The van der Waals surface area contributed by atoms with Gasteiger partial charge in [-0.05, 0) is 25.0 Å². The van der Waals surface area contributed by atoms with Gasteiger partial charge in [0.15, 0.2) is 5.78 Å². The largest absolute Gasteiger partial charge is 0.507 e. The Balaban J connectivity index is 2.73. The highest BCUT2D eigenvalue weighted by molar-refractivity contribution is 6.02. The number of aliphatic hydroxyl groups is 2. The van der Waals surface area contributed by atoms with E-state index >= 15 is 0 Å². The van der Waals surface area contributed by atoms with E-state index in [2.05, 4.69) is 0 Å². The van der Waals surface area contributed by atoms with Crippen LogP contribution >= 0.6 is 0 Å². The summed E-state index contributed by atoms with van der Waals surface area (Å²) in [6.45, 7) is 1.48. The Labute approximate surface area is 105 Å². The van der Waals surface area contributed by atoms with Gasteiger partial charge in [-0.1, -0.05) is 0 Å². The maximum Gasteiger partial charge on any atom is 0.167 e. The van der Waals surface area contributed by atoms with Gasteiger partial charge in [-0.25, -0.2) is 0 Å². The van der Waals surface area contributed by atoms with Crippen molar-refractivity contribution in [1.29, 1.82) is 0 Å². The first-order valence-corrected chi connectivity index (χ1v) is 5.80. The van der Waals surface area contributed by atoms with Crippen LogP contribution < -0.4 is 4.74 Å². The third kappa shape index (κ3) is 1.85. The molecule has 0 saturated heterocycles. The van der Waals surface area contributed by atoms with E-state index in [1.165, 1.54) is 20.1 Å². The first kappa shape index (κ1) is 12.9. The summed E-state index contributed by atoms with van der Waals surface area (Å²) in [5.74, 6) is -0.240. The Morgan fingerprint density at radius 1 is 1.50 bits per heavy atom. The Hall–Kier alpha value is -1.59. The molecular formula is C13H16O5. The van der Waals surface area contributed by atoms with Crippen LogP contribution in [0.5, 0.6) is 11.5 Å².